The zero-order valence-corrected chi connectivity index (χ0v) is 19.1. The van der Waals surface area contributed by atoms with Crippen LogP contribution in [-0.2, 0) is 9.59 Å². The highest BCUT2D eigenvalue weighted by molar-refractivity contribution is 6.45. The van der Waals surface area contributed by atoms with Gasteiger partial charge < -0.3 is 14.4 Å². The molecule has 0 radical (unpaired) electrons. The second-order valence-electron chi connectivity index (χ2n) is 8.68. The van der Waals surface area contributed by atoms with Crippen LogP contribution in [0, 0.1) is 11.8 Å². The lowest BCUT2D eigenvalue weighted by Crippen LogP contribution is -2.42. The summed E-state index contributed by atoms with van der Waals surface area (Å²) in [5.74, 6) is 1.74. The van der Waals surface area contributed by atoms with Crippen LogP contribution in [0.1, 0.15) is 32.8 Å². The first-order chi connectivity index (χ1) is 15.4. The highest BCUT2D eigenvalue weighted by Gasteiger charge is 2.43. The van der Waals surface area contributed by atoms with Gasteiger partial charge >= 0.3 is 0 Å². The first kappa shape index (κ1) is 21.9. The van der Waals surface area contributed by atoms with Crippen molar-refractivity contribution in [1.82, 2.24) is 4.90 Å². The van der Waals surface area contributed by atoms with Crippen LogP contribution < -0.4 is 14.4 Å². The van der Waals surface area contributed by atoms with Crippen molar-refractivity contribution in [2.75, 3.05) is 31.7 Å². The summed E-state index contributed by atoms with van der Waals surface area (Å²) in [4.78, 5) is 30.7. The van der Waals surface area contributed by atoms with Crippen LogP contribution in [-0.4, -0.2) is 43.5 Å². The smallest absolute Gasteiger partial charge is 0.282 e. The summed E-state index contributed by atoms with van der Waals surface area (Å²) >= 11 is 0. The van der Waals surface area contributed by atoms with Gasteiger partial charge in [0, 0.05) is 13.1 Å². The molecule has 168 valence electrons. The van der Waals surface area contributed by atoms with Gasteiger partial charge in [-0.25, -0.2) is 4.90 Å². The average molecular weight is 435 g/mol. The molecule has 0 aromatic heterocycles. The molecule has 2 aromatic rings. The van der Waals surface area contributed by atoms with Gasteiger partial charge in [-0.1, -0.05) is 26.0 Å². The van der Waals surface area contributed by atoms with Crippen molar-refractivity contribution in [1.29, 1.82) is 0 Å². The van der Waals surface area contributed by atoms with E-state index in [1.54, 1.807) is 31.4 Å². The fourth-order valence-corrected chi connectivity index (χ4v) is 4.77. The van der Waals surface area contributed by atoms with E-state index in [9.17, 15) is 9.59 Å². The molecule has 32 heavy (non-hydrogen) atoms. The monoisotopic (exact) mass is 434 g/mol. The summed E-state index contributed by atoms with van der Waals surface area (Å²) in [5, 5.41) is 0. The molecule has 0 aliphatic carbocycles. The Hall–Kier alpha value is -3.28. The third-order valence-corrected chi connectivity index (χ3v) is 6.03. The molecule has 0 bridgehead atoms. The van der Waals surface area contributed by atoms with Gasteiger partial charge in [0.2, 0.25) is 0 Å². The van der Waals surface area contributed by atoms with Crippen molar-refractivity contribution in [3.63, 3.8) is 0 Å². The Morgan fingerprint density at radius 2 is 1.47 bits per heavy atom. The lowest BCUT2D eigenvalue weighted by atomic mass is 9.91. The molecule has 2 heterocycles. The number of imide groups is 1. The van der Waals surface area contributed by atoms with Gasteiger partial charge in [-0.05, 0) is 67.1 Å². The highest BCUT2D eigenvalue weighted by atomic mass is 16.5. The zero-order valence-electron chi connectivity index (χ0n) is 19.1. The van der Waals surface area contributed by atoms with Gasteiger partial charge in [0.15, 0.2) is 0 Å². The molecule has 2 unspecified atom stereocenters. The Kier molecular flexibility index (Phi) is 6.21. The van der Waals surface area contributed by atoms with Crippen molar-refractivity contribution in [2.24, 2.45) is 11.8 Å². The molecular weight excluding hydrogens is 404 g/mol. The number of carbonyl (C=O) groups is 2. The van der Waals surface area contributed by atoms with Gasteiger partial charge in [-0.15, -0.1) is 0 Å². The van der Waals surface area contributed by atoms with Crippen molar-refractivity contribution in [3.05, 3.63) is 59.8 Å². The molecule has 0 saturated carbocycles. The Morgan fingerprint density at radius 3 is 2.03 bits per heavy atom. The maximum atomic E-state index is 13.7. The number of hydrogen-bond donors (Lipinski definition) is 0. The number of nitrogens with zero attached hydrogens (tertiary/aromatic N) is 2. The van der Waals surface area contributed by atoms with E-state index in [1.807, 2.05) is 31.2 Å². The molecule has 2 aliphatic rings. The summed E-state index contributed by atoms with van der Waals surface area (Å²) in [5.41, 5.74) is 2.21. The molecule has 2 amide bonds. The van der Waals surface area contributed by atoms with Crippen LogP contribution in [0.5, 0.6) is 11.5 Å². The topological polar surface area (TPSA) is 59.1 Å². The average Bonchev–Trinajstić information content (AvgIpc) is 3.04. The Morgan fingerprint density at radius 1 is 0.875 bits per heavy atom. The number of rotatable bonds is 6. The number of carbonyl (C=O) groups excluding carboxylic acids is 2. The third kappa shape index (κ3) is 4.09. The summed E-state index contributed by atoms with van der Waals surface area (Å²) in [7, 11) is 1.61. The zero-order chi connectivity index (χ0) is 22.8. The normalized spacial score (nSPS) is 21.4. The van der Waals surface area contributed by atoms with Crippen LogP contribution in [0.3, 0.4) is 0 Å². The molecule has 1 fully saturated rings. The van der Waals surface area contributed by atoms with Crippen molar-refractivity contribution in [3.8, 4) is 11.5 Å². The van der Waals surface area contributed by atoms with E-state index in [-0.39, 0.29) is 11.8 Å². The SMILES string of the molecule is CCOc1ccc(N2C(=O)C(c3ccc(OC)cc3)=C(N3CC(C)CC(C)C3)C2=O)cc1. The van der Waals surface area contributed by atoms with Gasteiger partial charge in [-0.3, -0.25) is 9.59 Å². The second kappa shape index (κ2) is 9.07. The number of likely N-dealkylation sites (tertiary alicyclic amines) is 1. The summed E-state index contributed by atoms with van der Waals surface area (Å²) < 4.78 is 10.8. The molecule has 0 N–H and O–H groups in total. The largest absolute Gasteiger partial charge is 0.497 e. The Labute approximate surface area is 189 Å². The Balaban J connectivity index is 1.77. The number of hydrogen-bond acceptors (Lipinski definition) is 5. The van der Waals surface area contributed by atoms with Gasteiger partial charge in [-0.2, -0.15) is 0 Å². The van der Waals surface area contributed by atoms with Crippen LogP contribution in [0.4, 0.5) is 5.69 Å². The second-order valence-corrected chi connectivity index (χ2v) is 8.68. The predicted molar refractivity (Wildman–Crippen MR) is 125 cm³/mol. The Bertz CT molecular complexity index is 1020. The summed E-state index contributed by atoms with van der Waals surface area (Å²) in [6.45, 7) is 8.38. The molecule has 2 atom stereocenters. The van der Waals surface area contributed by atoms with Crippen LogP contribution in [0.25, 0.3) is 5.57 Å². The van der Waals surface area contributed by atoms with Gasteiger partial charge in [0.05, 0.1) is 25.0 Å². The molecule has 6 heteroatoms. The lowest BCUT2D eigenvalue weighted by Gasteiger charge is -2.37. The fourth-order valence-electron chi connectivity index (χ4n) is 4.77. The minimum atomic E-state index is -0.301. The standard InChI is InChI=1S/C26H30N2O4/c1-5-32-22-12-8-20(9-13-22)28-25(29)23(19-6-10-21(31-4)11-7-19)24(26(28)30)27-15-17(2)14-18(3)16-27/h6-13,17-18H,5,14-16H2,1-4H3. The lowest BCUT2D eigenvalue weighted by molar-refractivity contribution is -0.120. The quantitative estimate of drug-likeness (QED) is 0.633. The minimum Gasteiger partial charge on any atom is -0.497 e. The molecule has 2 aromatic carbocycles. The first-order valence-electron chi connectivity index (χ1n) is 11.2. The molecule has 0 spiro atoms. The molecular formula is C26H30N2O4. The maximum Gasteiger partial charge on any atom is 0.282 e. The van der Waals surface area contributed by atoms with Crippen LogP contribution in [0.2, 0.25) is 0 Å². The number of ether oxygens (including phenoxy) is 2. The third-order valence-electron chi connectivity index (χ3n) is 6.03. The molecule has 6 nitrogen and oxygen atoms in total. The van der Waals surface area contributed by atoms with E-state index in [0.29, 0.717) is 46.9 Å². The predicted octanol–water partition coefficient (Wildman–Crippen LogP) is 4.36. The van der Waals surface area contributed by atoms with E-state index in [0.717, 1.165) is 25.1 Å². The van der Waals surface area contributed by atoms with E-state index in [4.69, 9.17) is 9.47 Å². The van der Waals surface area contributed by atoms with Gasteiger partial charge in [0.1, 0.15) is 17.2 Å². The van der Waals surface area contributed by atoms with E-state index in [1.165, 1.54) is 4.90 Å². The fraction of sp³-hybridized carbons (Fsp3) is 0.385. The van der Waals surface area contributed by atoms with Crippen molar-refractivity contribution >= 4 is 23.1 Å². The molecule has 4 rings (SSSR count). The molecule has 2 aliphatic heterocycles. The first-order valence-corrected chi connectivity index (χ1v) is 11.2. The number of piperidine rings is 1. The van der Waals surface area contributed by atoms with Crippen LogP contribution >= 0.6 is 0 Å². The van der Waals surface area contributed by atoms with E-state index < -0.39 is 0 Å². The highest BCUT2D eigenvalue weighted by Crippen LogP contribution is 2.38. The van der Waals surface area contributed by atoms with Gasteiger partial charge in [0.25, 0.3) is 11.8 Å². The van der Waals surface area contributed by atoms with E-state index >= 15 is 0 Å². The number of anilines is 1. The number of amides is 2. The summed E-state index contributed by atoms with van der Waals surface area (Å²) in [6, 6.07) is 14.4. The van der Waals surface area contributed by atoms with E-state index in [2.05, 4.69) is 18.7 Å². The van der Waals surface area contributed by atoms with Crippen molar-refractivity contribution in [2.45, 2.75) is 27.2 Å². The maximum absolute atomic E-state index is 13.7. The minimum absolute atomic E-state index is 0.272. The number of benzene rings is 2. The van der Waals surface area contributed by atoms with Crippen LogP contribution in [0.15, 0.2) is 54.2 Å². The molecule has 1 saturated heterocycles. The van der Waals surface area contributed by atoms with Crippen molar-refractivity contribution < 1.29 is 19.1 Å². The summed E-state index contributed by atoms with van der Waals surface area (Å²) in [6.07, 6.45) is 1.12. The number of methoxy groups -OCH3 is 1.